The summed E-state index contributed by atoms with van der Waals surface area (Å²) < 4.78 is 0.331. The molecule has 0 fully saturated rings. The van der Waals surface area contributed by atoms with Crippen molar-refractivity contribution in [3.05, 3.63) is 16.8 Å². The molecule has 0 bridgehead atoms. The maximum absolute atomic E-state index is 10.7. The van der Waals surface area contributed by atoms with Crippen LogP contribution in [-0.4, -0.2) is 31.0 Å². The van der Waals surface area contributed by atoms with E-state index in [1.165, 1.54) is 12.7 Å². The third-order valence-corrected chi connectivity index (χ3v) is 1.72. The fraction of sp³-hybridized carbons (Fsp3) is 0.455. The van der Waals surface area contributed by atoms with E-state index in [0.717, 1.165) is 0 Å². The van der Waals surface area contributed by atoms with E-state index in [1.807, 2.05) is 13.8 Å². The molecule has 0 aliphatic carbocycles. The Hall–Kier alpha value is -1.76. The molecule has 7 heteroatoms. The van der Waals surface area contributed by atoms with Crippen molar-refractivity contribution in [2.24, 2.45) is 0 Å². The summed E-state index contributed by atoms with van der Waals surface area (Å²) in [7, 11) is 0. The second kappa shape index (κ2) is 8.35. The summed E-state index contributed by atoms with van der Waals surface area (Å²) in [6.45, 7) is 8.25. The van der Waals surface area contributed by atoms with Crippen molar-refractivity contribution in [1.29, 1.82) is 0 Å². The third-order valence-electron chi connectivity index (χ3n) is 1.52. The average molecular weight is 270 g/mol. The highest BCUT2D eigenvalue weighted by atomic mass is 32.1. The molecule has 0 amide bonds. The van der Waals surface area contributed by atoms with Crippen molar-refractivity contribution in [3.8, 4) is 0 Å². The van der Waals surface area contributed by atoms with Crippen molar-refractivity contribution >= 4 is 29.4 Å². The lowest BCUT2D eigenvalue weighted by molar-refractivity contribution is 0.0692. The fourth-order valence-corrected chi connectivity index (χ4v) is 1.21. The lowest BCUT2D eigenvalue weighted by atomic mass is 10.4. The highest BCUT2D eigenvalue weighted by Gasteiger charge is 2.11. The van der Waals surface area contributed by atoms with Crippen LogP contribution in [0, 0.1) is 4.77 Å². The number of hydrogen-bond acceptors (Lipinski definition) is 4. The SMILES string of the molecule is CC.CCC.O=C(O)c1ncnc2[nH]c(=S)[nH]c12. The van der Waals surface area contributed by atoms with Crippen molar-refractivity contribution < 1.29 is 9.90 Å². The molecular weight excluding hydrogens is 252 g/mol. The highest BCUT2D eigenvalue weighted by molar-refractivity contribution is 7.71. The van der Waals surface area contributed by atoms with Gasteiger partial charge in [0.1, 0.15) is 11.8 Å². The normalized spacial score (nSPS) is 8.89. The Kier molecular flexibility index (Phi) is 7.53. The van der Waals surface area contributed by atoms with Crippen LogP contribution in [0.2, 0.25) is 0 Å². The van der Waals surface area contributed by atoms with Gasteiger partial charge in [-0.05, 0) is 12.2 Å². The van der Waals surface area contributed by atoms with Gasteiger partial charge in [0.15, 0.2) is 16.1 Å². The molecule has 2 rings (SSSR count). The molecule has 2 aromatic heterocycles. The Morgan fingerprint density at radius 2 is 1.89 bits per heavy atom. The zero-order valence-electron chi connectivity index (χ0n) is 10.9. The van der Waals surface area contributed by atoms with E-state index in [0.29, 0.717) is 15.9 Å². The molecule has 0 aliphatic rings. The number of aromatic amines is 2. The van der Waals surface area contributed by atoms with Gasteiger partial charge >= 0.3 is 5.97 Å². The number of imidazole rings is 1. The Bertz CT molecular complexity index is 547. The number of carboxylic acid groups (broad SMARTS) is 1. The van der Waals surface area contributed by atoms with E-state index in [-0.39, 0.29) is 5.69 Å². The number of aromatic carboxylic acids is 1. The molecule has 2 aromatic rings. The molecule has 18 heavy (non-hydrogen) atoms. The van der Waals surface area contributed by atoms with Gasteiger partial charge in [-0.2, -0.15) is 0 Å². The lowest BCUT2D eigenvalue weighted by Gasteiger charge is -1.92. The first-order valence-electron chi connectivity index (χ1n) is 5.76. The molecular formula is C11H18N4O2S. The first-order valence-corrected chi connectivity index (χ1v) is 6.17. The molecule has 3 N–H and O–H groups in total. The standard InChI is InChI=1S/C6H4N4O2S.C3H8.C2H6/c11-5(12)3-2-4(8-1-7-3)10-6(13)9-2;1-3-2;1-2/h1H,(H,11,12)(H2,7,8,9,10,13);3H2,1-2H3;1-2H3. The molecule has 0 atom stereocenters. The van der Waals surface area contributed by atoms with E-state index >= 15 is 0 Å². The maximum atomic E-state index is 10.7. The summed E-state index contributed by atoms with van der Waals surface area (Å²) in [5, 5.41) is 8.73. The second-order valence-corrected chi connectivity index (χ2v) is 3.45. The van der Waals surface area contributed by atoms with Crippen LogP contribution in [0.15, 0.2) is 6.33 Å². The van der Waals surface area contributed by atoms with Crippen LogP contribution in [0.1, 0.15) is 44.6 Å². The number of rotatable bonds is 1. The summed E-state index contributed by atoms with van der Waals surface area (Å²) in [5.41, 5.74) is 0.634. The van der Waals surface area contributed by atoms with Crippen LogP contribution >= 0.6 is 12.2 Å². The number of carboxylic acids is 1. The number of H-pyrrole nitrogens is 2. The van der Waals surface area contributed by atoms with Crippen molar-refractivity contribution in [3.63, 3.8) is 0 Å². The van der Waals surface area contributed by atoms with E-state index < -0.39 is 5.97 Å². The quantitative estimate of drug-likeness (QED) is 0.692. The first-order chi connectivity index (χ1) is 8.60. The van der Waals surface area contributed by atoms with E-state index in [1.54, 1.807) is 0 Å². The number of fused-ring (bicyclic) bond motifs is 1. The van der Waals surface area contributed by atoms with Gasteiger partial charge in [0.2, 0.25) is 0 Å². The summed E-state index contributed by atoms with van der Waals surface area (Å²) in [6.07, 6.45) is 2.42. The minimum Gasteiger partial charge on any atom is -0.476 e. The molecule has 0 radical (unpaired) electrons. The molecule has 0 aliphatic heterocycles. The van der Waals surface area contributed by atoms with Crippen LogP contribution in [0.3, 0.4) is 0 Å². The third kappa shape index (κ3) is 4.25. The number of nitrogens with zero attached hydrogens (tertiary/aromatic N) is 2. The van der Waals surface area contributed by atoms with Gasteiger partial charge in [-0.15, -0.1) is 0 Å². The van der Waals surface area contributed by atoms with Gasteiger partial charge in [0.25, 0.3) is 0 Å². The zero-order chi connectivity index (χ0) is 14.1. The Balaban J connectivity index is 0.000000509. The second-order valence-electron chi connectivity index (χ2n) is 3.04. The average Bonchev–Trinajstić information content (AvgIpc) is 2.72. The number of aromatic nitrogens is 4. The Morgan fingerprint density at radius 1 is 1.33 bits per heavy atom. The van der Waals surface area contributed by atoms with Crippen LogP contribution in [0.5, 0.6) is 0 Å². The van der Waals surface area contributed by atoms with Crippen LogP contribution < -0.4 is 0 Å². The van der Waals surface area contributed by atoms with E-state index in [2.05, 4.69) is 33.8 Å². The summed E-state index contributed by atoms with van der Waals surface area (Å²) in [5.74, 6) is -1.11. The lowest BCUT2D eigenvalue weighted by Crippen LogP contribution is -2.01. The zero-order valence-corrected chi connectivity index (χ0v) is 11.8. The molecule has 0 saturated carbocycles. The topological polar surface area (TPSA) is 94.7 Å². The largest absolute Gasteiger partial charge is 0.476 e. The van der Waals surface area contributed by atoms with Crippen LogP contribution in [0.25, 0.3) is 11.2 Å². The van der Waals surface area contributed by atoms with Gasteiger partial charge in [0, 0.05) is 0 Å². The molecule has 6 nitrogen and oxygen atoms in total. The summed E-state index contributed by atoms with van der Waals surface area (Å²) in [4.78, 5) is 23.5. The number of nitrogens with one attached hydrogen (secondary N) is 2. The molecule has 100 valence electrons. The van der Waals surface area contributed by atoms with Crippen molar-refractivity contribution in [2.75, 3.05) is 0 Å². The predicted octanol–water partition coefficient (Wildman–Crippen LogP) is 3.16. The van der Waals surface area contributed by atoms with Crippen LogP contribution in [0.4, 0.5) is 0 Å². The summed E-state index contributed by atoms with van der Waals surface area (Å²) in [6, 6.07) is 0. The van der Waals surface area contributed by atoms with Gasteiger partial charge in [0.05, 0.1) is 0 Å². The first kappa shape index (κ1) is 16.2. The van der Waals surface area contributed by atoms with Crippen LogP contribution in [-0.2, 0) is 0 Å². The van der Waals surface area contributed by atoms with E-state index in [9.17, 15) is 4.79 Å². The molecule has 0 aromatic carbocycles. The Labute approximate surface area is 110 Å². The minimum atomic E-state index is -1.11. The van der Waals surface area contributed by atoms with Gasteiger partial charge < -0.3 is 15.1 Å². The fourth-order valence-electron chi connectivity index (χ4n) is 1.01. The molecule has 2 heterocycles. The molecule has 0 saturated heterocycles. The van der Waals surface area contributed by atoms with Gasteiger partial charge in [-0.1, -0.05) is 34.1 Å². The monoisotopic (exact) mass is 270 g/mol. The van der Waals surface area contributed by atoms with Gasteiger partial charge in [-0.3, -0.25) is 0 Å². The van der Waals surface area contributed by atoms with Gasteiger partial charge in [-0.25, -0.2) is 14.8 Å². The predicted molar refractivity (Wildman–Crippen MR) is 73.3 cm³/mol. The number of carbonyl (C=O) groups is 1. The highest BCUT2D eigenvalue weighted by Crippen LogP contribution is 2.09. The molecule has 0 spiro atoms. The van der Waals surface area contributed by atoms with Crippen molar-refractivity contribution in [1.82, 2.24) is 19.9 Å². The van der Waals surface area contributed by atoms with Crippen molar-refractivity contribution in [2.45, 2.75) is 34.1 Å². The maximum Gasteiger partial charge on any atom is 0.356 e. The van der Waals surface area contributed by atoms with E-state index in [4.69, 9.17) is 17.3 Å². The number of hydrogen-bond donors (Lipinski definition) is 3. The smallest absolute Gasteiger partial charge is 0.356 e. The summed E-state index contributed by atoms with van der Waals surface area (Å²) >= 11 is 4.79. The minimum absolute atomic E-state index is 0.0858. The molecule has 0 unspecified atom stereocenters. The Morgan fingerprint density at radius 3 is 2.39 bits per heavy atom.